The average molecular weight is 354 g/mol. The van der Waals surface area contributed by atoms with Gasteiger partial charge in [0.1, 0.15) is 17.4 Å². The van der Waals surface area contributed by atoms with Crippen molar-refractivity contribution in [3.8, 4) is 0 Å². The number of furan rings is 1. The second-order valence-electron chi connectivity index (χ2n) is 5.14. The van der Waals surface area contributed by atoms with Crippen LogP contribution in [0.1, 0.15) is 5.56 Å². The fourth-order valence-corrected chi connectivity index (χ4v) is 2.86. The van der Waals surface area contributed by atoms with Gasteiger partial charge in [-0.1, -0.05) is 28.1 Å². The molecule has 2 heterocycles. The Kier molecular flexibility index (Phi) is 3.08. The van der Waals surface area contributed by atoms with Crippen LogP contribution in [-0.4, -0.2) is 9.97 Å². The van der Waals surface area contributed by atoms with Gasteiger partial charge in [0.15, 0.2) is 11.4 Å². The highest BCUT2D eigenvalue weighted by atomic mass is 79.9. The summed E-state index contributed by atoms with van der Waals surface area (Å²) in [6.45, 7) is 2.06. The van der Waals surface area contributed by atoms with Gasteiger partial charge in [-0.25, -0.2) is 9.97 Å². The summed E-state index contributed by atoms with van der Waals surface area (Å²) >= 11 is 3.48. The van der Waals surface area contributed by atoms with E-state index in [0.29, 0.717) is 11.4 Å². The molecule has 0 unspecified atom stereocenters. The Morgan fingerprint density at radius 2 is 2.00 bits per heavy atom. The van der Waals surface area contributed by atoms with E-state index in [9.17, 15) is 0 Å². The van der Waals surface area contributed by atoms with E-state index in [-0.39, 0.29) is 0 Å². The third-order valence-electron chi connectivity index (χ3n) is 3.49. The van der Waals surface area contributed by atoms with Gasteiger partial charge < -0.3 is 9.73 Å². The number of aromatic nitrogens is 2. The number of nitrogens with one attached hydrogen (secondary N) is 1. The molecule has 0 saturated heterocycles. The number of fused-ring (bicyclic) bond motifs is 3. The number of halogens is 1. The minimum atomic E-state index is 0.664. The van der Waals surface area contributed by atoms with Gasteiger partial charge in [0.2, 0.25) is 0 Å². The molecule has 0 spiro atoms. The minimum absolute atomic E-state index is 0.664. The summed E-state index contributed by atoms with van der Waals surface area (Å²) < 4.78 is 6.93. The second-order valence-corrected chi connectivity index (χ2v) is 6.05. The van der Waals surface area contributed by atoms with Crippen molar-refractivity contribution in [2.24, 2.45) is 0 Å². The molecule has 22 heavy (non-hydrogen) atoms. The van der Waals surface area contributed by atoms with Crippen LogP contribution in [0.3, 0.4) is 0 Å². The summed E-state index contributed by atoms with van der Waals surface area (Å²) in [6.07, 6.45) is 1.55. The maximum Gasteiger partial charge on any atom is 0.196 e. The van der Waals surface area contributed by atoms with Gasteiger partial charge in [-0.05, 0) is 42.8 Å². The van der Waals surface area contributed by atoms with Crippen molar-refractivity contribution in [2.45, 2.75) is 6.92 Å². The van der Waals surface area contributed by atoms with E-state index < -0.39 is 0 Å². The molecule has 0 aliphatic heterocycles. The highest BCUT2D eigenvalue weighted by Crippen LogP contribution is 2.33. The maximum atomic E-state index is 5.93. The Balaban J connectivity index is 1.89. The van der Waals surface area contributed by atoms with Crippen molar-refractivity contribution in [3.63, 3.8) is 0 Å². The van der Waals surface area contributed by atoms with Crippen LogP contribution < -0.4 is 5.32 Å². The van der Waals surface area contributed by atoms with E-state index in [2.05, 4.69) is 50.3 Å². The number of nitrogens with zero attached hydrogens (tertiary/aromatic N) is 2. The number of aryl methyl sites for hydroxylation is 1. The summed E-state index contributed by atoms with van der Waals surface area (Å²) in [4.78, 5) is 8.69. The third kappa shape index (κ3) is 2.23. The summed E-state index contributed by atoms with van der Waals surface area (Å²) in [6, 6.07) is 14.0. The predicted octanol–water partition coefficient (Wildman–Crippen LogP) is 5.19. The highest BCUT2D eigenvalue weighted by Gasteiger charge is 2.13. The number of rotatable bonds is 2. The molecule has 4 rings (SSSR count). The first-order chi connectivity index (χ1) is 10.7. The van der Waals surface area contributed by atoms with E-state index in [1.807, 2.05) is 30.3 Å². The van der Waals surface area contributed by atoms with Crippen LogP contribution in [0.5, 0.6) is 0 Å². The number of hydrogen-bond donors (Lipinski definition) is 1. The van der Waals surface area contributed by atoms with Crippen molar-refractivity contribution in [1.29, 1.82) is 0 Å². The molecule has 4 aromatic rings. The summed E-state index contributed by atoms with van der Waals surface area (Å²) in [5.41, 5.74) is 4.43. The fourth-order valence-electron chi connectivity index (χ4n) is 2.50. The topological polar surface area (TPSA) is 51.0 Å². The molecule has 5 heteroatoms. The Labute approximate surface area is 135 Å². The standard InChI is InChI=1S/C17H12BrN3O/c1-10-3-2-4-12(7-10)21-17-16-15(19-9-20-17)13-8-11(18)5-6-14(13)22-16/h2-9H,1H3,(H,19,20,21). The van der Waals surface area contributed by atoms with E-state index in [0.717, 1.165) is 26.6 Å². The van der Waals surface area contributed by atoms with Crippen LogP contribution in [0, 0.1) is 6.92 Å². The van der Waals surface area contributed by atoms with Crippen LogP contribution in [0.15, 0.2) is 57.7 Å². The van der Waals surface area contributed by atoms with Crippen molar-refractivity contribution in [2.75, 3.05) is 5.32 Å². The Hall–Kier alpha value is -2.40. The quantitative estimate of drug-likeness (QED) is 0.538. The Morgan fingerprint density at radius 3 is 2.86 bits per heavy atom. The monoisotopic (exact) mass is 353 g/mol. The summed E-state index contributed by atoms with van der Waals surface area (Å²) in [5, 5.41) is 4.28. The zero-order chi connectivity index (χ0) is 15.1. The van der Waals surface area contributed by atoms with Crippen LogP contribution in [-0.2, 0) is 0 Å². The molecular formula is C17H12BrN3O. The SMILES string of the molecule is Cc1cccc(Nc2ncnc3c2oc2ccc(Br)cc23)c1. The molecular weight excluding hydrogens is 342 g/mol. The van der Waals surface area contributed by atoms with Gasteiger partial charge in [0.05, 0.1) is 0 Å². The lowest BCUT2D eigenvalue weighted by Crippen LogP contribution is -1.94. The minimum Gasteiger partial charge on any atom is -0.450 e. The number of benzene rings is 2. The lowest BCUT2D eigenvalue weighted by atomic mass is 10.2. The third-order valence-corrected chi connectivity index (χ3v) is 3.99. The van der Waals surface area contributed by atoms with Gasteiger partial charge in [-0.3, -0.25) is 0 Å². The molecule has 0 bridgehead atoms. The first-order valence-corrected chi connectivity index (χ1v) is 7.66. The molecule has 0 aliphatic rings. The van der Waals surface area contributed by atoms with Crippen molar-refractivity contribution < 1.29 is 4.42 Å². The van der Waals surface area contributed by atoms with Crippen LogP contribution in [0.4, 0.5) is 11.5 Å². The lowest BCUT2D eigenvalue weighted by Gasteiger charge is -2.06. The zero-order valence-corrected chi connectivity index (χ0v) is 13.4. The van der Waals surface area contributed by atoms with Gasteiger partial charge >= 0.3 is 0 Å². The molecule has 0 atom stereocenters. The molecule has 1 N–H and O–H groups in total. The molecule has 0 aliphatic carbocycles. The molecule has 0 amide bonds. The highest BCUT2D eigenvalue weighted by molar-refractivity contribution is 9.10. The summed E-state index contributed by atoms with van der Waals surface area (Å²) in [7, 11) is 0. The summed E-state index contributed by atoms with van der Waals surface area (Å²) in [5.74, 6) is 0.669. The second kappa shape index (κ2) is 5.10. The number of anilines is 2. The van der Waals surface area contributed by atoms with E-state index in [1.165, 1.54) is 5.56 Å². The fraction of sp³-hybridized carbons (Fsp3) is 0.0588. The van der Waals surface area contributed by atoms with Gasteiger partial charge in [-0.15, -0.1) is 0 Å². The average Bonchev–Trinajstić information content (AvgIpc) is 2.87. The van der Waals surface area contributed by atoms with E-state index in [1.54, 1.807) is 6.33 Å². The van der Waals surface area contributed by atoms with Crippen molar-refractivity contribution in [3.05, 3.63) is 58.8 Å². The van der Waals surface area contributed by atoms with Crippen molar-refractivity contribution >= 4 is 49.5 Å². The van der Waals surface area contributed by atoms with Crippen LogP contribution >= 0.6 is 15.9 Å². The van der Waals surface area contributed by atoms with Crippen molar-refractivity contribution in [1.82, 2.24) is 9.97 Å². The largest absolute Gasteiger partial charge is 0.450 e. The molecule has 0 radical (unpaired) electrons. The van der Waals surface area contributed by atoms with E-state index in [4.69, 9.17) is 4.42 Å². The van der Waals surface area contributed by atoms with Crippen LogP contribution in [0.2, 0.25) is 0 Å². The number of hydrogen-bond acceptors (Lipinski definition) is 4. The molecule has 2 aromatic carbocycles. The molecule has 0 fully saturated rings. The molecule has 4 nitrogen and oxygen atoms in total. The van der Waals surface area contributed by atoms with Crippen LogP contribution in [0.25, 0.3) is 22.1 Å². The molecule has 0 saturated carbocycles. The zero-order valence-electron chi connectivity index (χ0n) is 11.8. The Morgan fingerprint density at radius 1 is 1.09 bits per heavy atom. The van der Waals surface area contributed by atoms with Gasteiger partial charge in [0, 0.05) is 15.5 Å². The molecule has 108 valence electrons. The maximum absolute atomic E-state index is 5.93. The van der Waals surface area contributed by atoms with Gasteiger partial charge in [-0.2, -0.15) is 0 Å². The van der Waals surface area contributed by atoms with E-state index >= 15 is 0 Å². The molecule has 2 aromatic heterocycles. The Bertz CT molecular complexity index is 994. The normalized spacial score (nSPS) is 11.2. The first kappa shape index (κ1) is 13.3. The first-order valence-electron chi connectivity index (χ1n) is 6.87. The van der Waals surface area contributed by atoms with Gasteiger partial charge in [0.25, 0.3) is 0 Å². The lowest BCUT2D eigenvalue weighted by molar-refractivity contribution is 0.667. The smallest absolute Gasteiger partial charge is 0.196 e. The predicted molar refractivity (Wildman–Crippen MR) is 91.5 cm³/mol.